The number of ether oxygens (including phenoxy) is 1. The number of hydrogen-bond acceptors (Lipinski definition) is 5. The van der Waals surface area contributed by atoms with Gasteiger partial charge in [0.25, 0.3) is 0 Å². The summed E-state index contributed by atoms with van der Waals surface area (Å²) in [6.07, 6.45) is -1.22. The highest BCUT2D eigenvalue weighted by molar-refractivity contribution is 7.99. The van der Waals surface area contributed by atoms with Crippen molar-refractivity contribution in [3.8, 4) is 5.75 Å². The summed E-state index contributed by atoms with van der Waals surface area (Å²) >= 11 is 7.61. The number of fused-ring (bicyclic) bond motifs is 1. The number of rotatable bonds is 11. The number of piperidine rings is 1. The van der Waals surface area contributed by atoms with Gasteiger partial charge >= 0.3 is 6.18 Å². The molecular formula is C29H33ClF4N2O2S. The molecular weight excluding hydrogens is 552 g/mol. The van der Waals surface area contributed by atoms with Crippen LogP contribution in [0.15, 0.2) is 53.6 Å². The fourth-order valence-corrected chi connectivity index (χ4v) is 6.50. The second kappa shape index (κ2) is 13.1. The minimum Gasteiger partial charge on any atom is -0.497 e. The van der Waals surface area contributed by atoms with Gasteiger partial charge in [0.1, 0.15) is 11.9 Å². The van der Waals surface area contributed by atoms with Gasteiger partial charge in [0.15, 0.2) is 0 Å². The number of aliphatic hydroxyl groups excluding tert-OH is 1. The highest BCUT2D eigenvalue weighted by Gasteiger charge is 2.35. The molecule has 0 aliphatic carbocycles. The molecule has 4 rings (SSSR count). The number of thioether (sulfide) groups is 1. The van der Waals surface area contributed by atoms with Crippen LogP contribution >= 0.6 is 23.4 Å². The highest BCUT2D eigenvalue weighted by Crippen LogP contribution is 2.42. The van der Waals surface area contributed by atoms with Crippen LogP contribution in [0, 0.1) is 5.41 Å². The van der Waals surface area contributed by atoms with Crippen molar-refractivity contribution >= 4 is 34.3 Å². The molecule has 3 aromatic rings. The Labute approximate surface area is 235 Å². The van der Waals surface area contributed by atoms with Gasteiger partial charge in [-0.2, -0.15) is 13.2 Å². The first kappa shape index (κ1) is 29.9. The zero-order valence-electron chi connectivity index (χ0n) is 21.8. The first-order chi connectivity index (χ1) is 18.7. The minimum absolute atomic E-state index is 0.0176. The average molecular weight is 585 g/mol. The maximum absolute atomic E-state index is 15.6. The third-order valence-electron chi connectivity index (χ3n) is 7.63. The normalized spacial score (nSPS) is 16.9. The zero-order valence-corrected chi connectivity index (χ0v) is 23.4. The number of hydrogen-bond donors (Lipinski definition) is 1. The molecule has 1 saturated heterocycles. The van der Waals surface area contributed by atoms with Crippen molar-refractivity contribution in [3.63, 3.8) is 0 Å². The standard InChI is InChI=1S/C29H33ClF4N2O2S/c1-38-20-7-8-25-21(17-20)27(23(30)18-35-25)24(31)9-10-28(19-37)11-14-36(15-12-28)13-4-16-39-26-6-3-2-5-22(26)29(32,33)34/h2-3,5-8,17-18,24,37H,4,9-16,19H2,1H3. The molecule has 1 fully saturated rings. The second-order valence-electron chi connectivity index (χ2n) is 10.1. The summed E-state index contributed by atoms with van der Waals surface area (Å²) in [5.41, 5.74) is 0.0830. The molecule has 1 N–H and O–H groups in total. The molecule has 1 aromatic heterocycles. The molecule has 2 aromatic carbocycles. The Bertz CT molecular complexity index is 1250. The van der Waals surface area contributed by atoms with Gasteiger partial charge in [0.05, 0.1) is 23.2 Å². The van der Waals surface area contributed by atoms with Crippen LogP contribution in [-0.2, 0) is 6.18 Å². The lowest BCUT2D eigenvalue weighted by Gasteiger charge is -2.41. The van der Waals surface area contributed by atoms with Crippen LogP contribution in [-0.4, -0.2) is 54.1 Å². The molecule has 1 aliphatic heterocycles. The van der Waals surface area contributed by atoms with E-state index in [1.54, 1.807) is 31.4 Å². The third kappa shape index (κ3) is 7.37. The van der Waals surface area contributed by atoms with Crippen LogP contribution < -0.4 is 4.74 Å². The summed E-state index contributed by atoms with van der Waals surface area (Å²) in [7, 11) is 1.55. The fraction of sp³-hybridized carbons (Fsp3) is 0.483. The van der Waals surface area contributed by atoms with E-state index < -0.39 is 17.9 Å². The predicted octanol–water partition coefficient (Wildman–Crippen LogP) is 7.96. The first-order valence-electron chi connectivity index (χ1n) is 13.0. The summed E-state index contributed by atoms with van der Waals surface area (Å²) in [5.74, 6) is 1.19. The lowest BCUT2D eigenvalue weighted by Crippen LogP contribution is -2.42. The lowest BCUT2D eigenvalue weighted by atomic mass is 9.74. The Balaban J connectivity index is 1.29. The van der Waals surface area contributed by atoms with Crippen LogP contribution in [0.4, 0.5) is 17.6 Å². The van der Waals surface area contributed by atoms with Crippen molar-refractivity contribution in [2.45, 2.75) is 49.3 Å². The number of benzene rings is 2. The molecule has 0 radical (unpaired) electrons. The number of likely N-dealkylation sites (tertiary alicyclic amines) is 1. The van der Waals surface area contributed by atoms with Gasteiger partial charge in [0, 0.05) is 28.6 Å². The summed E-state index contributed by atoms with van der Waals surface area (Å²) < 4.78 is 60.5. The van der Waals surface area contributed by atoms with Gasteiger partial charge in [-0.15, -0.1) is 11.8 Å². The van der Waals surface area contributed by atoms with E-state index in [4.69, 9.17) is 16.3 Å². The maximum Gasteiger partial charge on any atom is 0.417 e. The van der Waals surface area contributed by atoms with E-state index in [9.17, 15) is 18.3 Å². The van der Waals surface area contributed by atoms with E-state index in [0.717, 1.165) is 45.0 Å². The number of pyridine rings is 1. The van der Waals surface area contributed by atoms with Gasteiger partial charge in [-0.05, 0) is 93.2 Å². The molecule has 1 aliphatic rings. The van der Waals surface area contributed by atoms with Crippen molar-refractivity contribution in [1.82, 2.24) is 9.88 Å². The molecule has 1 atom stereocenters. The number of aliphatic hydroxyl groups is 1. The SMILES string of the molecule is COc1ccc2ncc(Cl)c(C(F)CCC3(CO)CCN(CCCSc4ccccc4C(F)(F)F)CC3)c2c1. The quantitative estimate of drug-likeness (QED) is 0.141. The van der Waals surface area contributed by atoms with Crippen molar-refractivity contribution in [2.75, 3.05) is 39.1 Å². The lowest BCUT2D eigenvalue weighted by molar-refractivity contribution is -0.139. The van der Waals surface area contributed by atoms with E-state index in [1.807, 2.05) is 0 Å². The van der Waals surface area contributed by atoms with Crippen LogP contribution in [0.5, 0.6) is 5.75 Å². The fourth-order valence-electron chi connectivity index (χ4n) is 5.23. The minimum atomic E-state index is -4.36. The predicted molar refractivity (Wildman–Crippen MR) is 148 cm³/mol. The number of halogens is 5. The topological polar surface area (TPSA) is 45.6 Å². The third-order valence-corrected chi connectivity index (χ3v) is 9.09. The molecule has 0 amide bonds. The zero-order chi connectivity index (χ0) is 28.0. The van der Waals surface area contributed by atoms with Crippen LogP contribution in [0.1, 0.15) is 49.4 Å². The van der Waals surface area contributed by atoms with E-state index in [2.05, 4.69) is 9.88 Å². The number of methoxy groups -OCH3 is 1. The summed E-state index contributed by atoms with van der Waals surface area (Å²) in [4.78, 5) is 6.83. The Kier molecular flexibility index (Phi) is 10.0. The molecule has 4 nitrogen and oxygen atoms in total. The average Bonchev–Trinajstić information content (AvgIpc) is 2.94. The van der Waals surface area contributed by atoms with Crippen LogP contribution in [0.2, 0.25) is 5.02 Å². The van der Waals surface area contributed by atoms with Crippen molar-refractivity contribution in [3.05, 3.63) is 64.8 Å². The monoisotopic (exact) mass is 584 g/mol. The van der Waals surface area contributed by atoms with Crippen molar-refractivity contribution < 1.29 is 27.4 Å². The van der Waals surface area contributed by atoms with Gasteiger partial charge in [-0.1, -0.05) is 23.7 Å². The van der Waals surface area contributed by atoms with E-state index >= 15 is 4.39 Å². The molecule has 0 spiro atoms. The first-order valence-corrected chi connectivity index (χ1v) is 14.4. The summed E-state index contributed by atoms with van der Waals surface area (Å²) in [5, 5.41) is 11.1. The molecule has 39 heavy (non-hydrogen) atoms. The Hall–Kier alpha value is -2.07. The number of alkyl halides is 4. The summed E-state index contributed by atoms with van der Waals surface area (Å²) in [6, 6.07) is 11.0. The van der Waals surface area contributed by atoms with Gasteiger partial charge in [-0.25, -0.2) is 4.39 Å². The van der Waals surface area contributed by atoms with Crippen molar-refractivity contribution in [1.29, 1.82) is 0 Å². The van der Waals surface area contributed by atoms with Crippen LogP contribution in [0.3, 0.4) is 0 Å². The molecule has 2 heterocycles. The van der Waals surface area contributed by atoms with Crippen molar-refractivity contribution in [2.24, 2.45) is 5.41 Å². The van der Waals surface area contributed by atoms with E-state index in [0.29, 0.717) is 34.4 Å². The van der Waals surface area contributed by atoms with Crippen LogP contribution in [0.25, 0.3) is 10.9 Å². The Morgan fingerprint density at radius 1 is 1.18 bits per heavy atom. The maximum atomic E-state index is 15.6. The summed E-state index contributed by atoms with van der Waals surface area (Å²) in [6.45, 7) is 2.28. The molecule has 0 bridgehead atoms. The van der Waals surface area contributed by atoms with Gasteiger partial charge < -0.3 is 14.7 Å². The van der Waals surface area contributed by atoms with Gasteiger partial charge in [0.2, 0.25) is 0 Å². The molecule has 1 unspecified atom stereocenters. The molecule has 0 saturated carbocycles. The number of aromatic nitrogens is 1. The molecule has 10 heteroatoms. The highest BCUT2D eigenvalue weighted by atomic mass is 35.5. The Morgan fingerprint density at radius 2 is 1.92 bits per heavy atom. The largest absolute Gasteiger partial charge is 0.497 e. The smallest absolute Gasteiger partial charge is 0.417 e. The van der Waals surface area contributed by atoms with Gasteiger partial charge in [-0.3, -0.25) is 4.98 Å². The van der Waals surface area contributed by atoms with E-state index in [-0.39, 0.29) is 28.4 Å². The van der Waals surface area contributed by atoms with E-state index in [1.165, 1.54) is 30.1 Å². The second-order valence-corrected chi connectivity index (χ2v) is 11.6. The Morgan fingerprint density at radius 3 is 2.62 bits per heavy atom. The number of nitrogens with zero attached hydrogens (tertiary/aromatic N) is 2. The molecule has 212 valence electrons.